The average Bonchev–Trinajstić information content (AvgIpc) is 2.69. The molecule has 0 fully saturated rings. The van der Waals surface area contributed by atoms with E-state index in [0.717, 1.165) is 0 Å². The number of benzene rings is 1. The fraction of sp³-hybridized carbons (Fsp3) is 0.100. The SMILES string of the molecule is CC(=O)c1c(F)cccc1-n1cncn1. The first-order valence-corrected chi connectivity index (χ1v) is 4.34. The third-order valence-corrected chi connectivity index (χ3v) is 2.01. The van der Waals surface area contributed by atoms with Crippen LogP contribution in [0.25, 0.3) is 5.69 Å². The van der Waals surface area contributed by atoms with E-state index in [9.17, 15) is 9.18 Å². The molecule has 0 aliphatic rings. The molecule has 76 valence electrons. The van der Waals surface area contributed by atoms with Crippen LogP contribution in [-0.4, -0.2) is 20.5 Å². The molecule has 0 atom stereocenters. The minimum atomic E-state index is -0.546. The van der Waals surface area contributed by atoms with Crippen molar-refractivity contribution in [2.24, 2.45) is 0 Å². The second kappa shape index (κ2) is 3.61. The van der Waals surface area contributed by atoms with Gasteiger partial charge in [0.05, 0.1) is 11.3 Å². The van der Waals surface area contributed by atoms with Crippen molar-refractivity contribution in [2.45, 2.75) is 6.92 Å². The monoisotopic (exact) mass is 205 g/mol. The van der Waals surface area contributed by atoms with E-state index in [-0.39, 0.29) is 11.3 Å². The molecule has 0 unspecified atom stereocenters. The lowest BCUT2D eigenvalue weighted by molar-refractivity contribution is 0.101. The van der Waals surface area contributed by atoms with Crippen LogP contribution < -0.4 is 0 Å². The molecule has 0 aliphatic carbocycles. The summed E-state index contributed by atoms with van der Waals surface area (Å²) < 4.78 is 14.8. The van der Waals surface area contributed by atoms with E-state index in [1.165, 1.54) is 36.4 Å². The lowest BCUT2D eigenvalue weighted by atomic mass is 10.1. The molecule has 1 heterocycles. The lowest BCUT2D eigenvalue weighted by Gasteiger charge is -2.06. The van der Waals surface area contributed by atoms with E-state index < -0.39 is 5.82 Å². The highest BCUT2D eigenvalue weighted by Crippen LogP contribution is 2.17. The lowest BCUT2D eigenvalue weighted by Crippen LogP contribution is -2.06. The predicted molar refractivity (Wildman–Crippen MR) is 51.3 cm³/mol. The minimum Gasteiger partial charge on any atom is -0.294 e. The van der Waals surface area contributed by atoms with Gasteiger partial charge in [0, 0.05) is 0 Å². The van der Waals surface area contributed by atoms with Gasteiger partial charge >= 0.3 is 0 Å². The smallest absolute Gasteiger partial charge is 0.164 e. The van der Waals surface area contributed by atoms with E-state index in [4.69, 9.17) is 0 Å². The number of aromatic nitrogens is 3. The molecule has 1 aromatic heterocycles. The summed E-state index contributed by atoms with van der Waals surface area (Å²) in [6, 6.07) is 4.39. The van der Waals surface area contributed by atoms with Crippen molar-refractivity contribution in [3.05, 3.63) is 42.2 Å². The van der Waals surface area contributed by atoms with Crippen LogP contribution >= 0.6 is 0 Å². The Morgan fingerprint density at radius 3 is 2.87 bits per heavy atom. The molecule has 15 heavy (non-hydrogen) atoms. The predicted octanol–water partition coefficient (Wildman–Crippen LogP) is 1.61. The zero-order chi connectivity index (χ0) is 10.8. The van der Waals surface area contributed by atoms with Crippen LogP contribution in [0.5, 0.6) is 0 Å². The van der Waals surface area contributed by atoms with Gasteiger partial charge in [-0.05, 0) is 19.1 Å². The van der Waals surface area contributed by atoms with E-state index in [0.29, 0.717) is 5.69 Å². The maximum absolute atomic E-state index is 13.4. The first-order chi connectivity index (χ1) is 7.20. The summed E-state index contributed by atoms with van der Waals surface area (Å²) in [5.74, 6) is -0.880. The fourth-order valence-electron chi connectivity index (χ4n) is 1.38. The van der Waals surface area contributed by atoms with E-state index in [1.54, 1.807) is 6.07 Å². The number of hydrogen-bond donors (Lipinski definition) is 0. The Balaban J connectivity index is 2.66. The molecule has 0 saturated heterocycles. The summed E-state index contributed by atoms with van der Waals surface area (Å²) in [5.41, 5.74) is 0.433. The molecular weight excluding hydrogens is 197 g/mol. The summed E-state index contributed by atoms with van der Waals surface area (Å²) in [4.78, 5) is 15.0. The second-order valence-corrected chi connectivity index (χ2v) is 3.03. The van der Waals surface area contributed by atoms with Crippen LogP contribution in [0.3, 0.4) is 0 Å². The van der Waals surface area contributed by atoms with Crippen LogP contribution in [0.4, 0.5) is 4.39 Å². The van der Waals surface area contributed by atoms with E-state index >= 15 is 0 Å². The summed E-state index contributed by atoms with van der Waals surface area (Å²) in [6.45, 7) is 1.32. The highest BCUT2D eigenvalue weighted by atomic mass is 19.1. The Morgan fingerprint density at radius 2 is 2.27 bits per heavy atom. The zero-order valence-corrected chi connectivity index (χ0v) is 8.01. The maximum Gasteiger partial charge on any atom is 0.164 e. The van der Waals surface area contributed by atoms with Crippen molar-refractivity contribution < 1.29 is 9.18 Å². The first-order valence-electron chi connectivity index (χ1n) is 4.34. The fourth-order valence-corrected chi connectivity index (χ4v) is 1.38. The molecule has 0 saturated carbocycles. The van der Waals surface area contributed by atoms with Crippen molar-refractivity contribution >= 4 is 5.78 Å². The Labute approximate surface area is 85.4 Å². The highest BCUT2D eigenvalue weighted by Gasteiger charge is 2.14. The molecule has 0 bridgehead atoms. The average molecular weight is 205 g/mol. The Kier molecular flexibility index (Phi) is 2.29. The molecular formula is C10H8FN3O. The molecule has 0 radical (unpaired) electrons. The summed E-state index contributed by atoms with van der Waals surface area (Å²) in [5, 5.41) is 3.86. The maximum atomic E-state index is 13.4. The quantitative estimate of drug-likeness (QED) is 0.700. The van der Waals surface area contributed by atoms with Crippen LogP contribution in [0.15, 0.2) is 30.9 Å². The Bertz CT molecular complexity index is 493. The van der Waals surface area contributed by atoms with Gasteiger partial charge < -0.3 is 0 Å². The molecule has 4 nitrogen and oxygen atoms in total. The topological polar surface area (TPSA) is 47.8 Å². The van der Waals surface area contributed by atoms with Gasteiger partial charge in [-0.3, -0.25) is 4.79 Å². The van der Waals surface area contributed by atoms with Gasteiger partial charge in [-0.1, -0.05) is 6.07 Å². The largest absolute Gasteiger partial charge is 0.294 e. The number of nitrogens with zero attached hydrogens (tertiary/aromatic N) is 3. The highest BCUT2D eigenvalue weighted by molar-refractivity contribution is 5.97. The van der Waals surface area contributed by atoms with Gasteiger partial charge in [0.2, 0.25) is 0 Å². The van der Waals surface area contributed by atoms with E-state index in [1.807, 2.05) is 0 Å². The Morgan fingerprint density at radius 1 is 1.47 bits per heavy atom. The van der Waals surface area contributed by atoms with Gasteiger partial charge in [0.15, 0.2) is 5.78 Å². The molecule has 0 N–H and O–H groups in total. The van der Waals surface area contributed by atoms with Crippen molar-refractivity contribution in [3.63, 3.8) is 0 Å². The van der Waals surface area contributed by atoms with Gasteiger partial charge in [0.1, 0.15) is 18.5 Å². The third kappa shape index (κ3) is 1.63. The zero-order valence-electron chi connectivity index (χ0n) is 8.01. The van der Waals surface area contributed by atoms with Crippen LogP contribution in [0, 0.1) is 5.82 Å². The molecule has 2 rings (SSSR count). The molecule has 1 aromatic carbocycles. The van der Waals surface area contributed by atoms with Gasteiger partial charge in [0.25, 0.3) is 0 Å². The summed E-state index contributed by atoms with van der Waals surface area (Å²) in [7, 11) is 0. The number of carbonyl (C=O) groups excluding carboxylic acids is 1. The molecule has 0 spiro atoms. The van der Waals surface area contributed by atoms with Crippen molar-refractivity contribution in [3.8, 4) is 5.69 Å². The van der Waals surface area contributed by atoms with Crippen LogP contribution in [0.2, 0.25) is 0 Å². The number of halogens is 1. The Hall–Kier alpha value is -2.04. The number of carbonyl (C=O) groups is 1. The summed E-state index contributed by atoms with van der Waals surface area (Å²) in [6.07, 6.45) is 2.75. The van der Waals surface area contributed by atoms with Gasteiger partial charge in [-0.25, -0.2) is 14.1 Å². The van der Waals surface area contributed by atoms with Crippen molar-refractivity contribution in [1.82, 2.24) is 14.8 Å². The van der Waals surface area contributed by atoms with Crippen LogP contribution in [0.1, 0.15) is 17.3 Å². The molecule has 0 amide bonds. The van der Waals surface area contributed by atoms with E-state index in [2.05, 4.69) is 10.1 Å². The van der Waals surface area contributed by atoms with Gasteiger partial charge in [-0.15, -0.1) is 0 Å². The molecule has 2 aromatic rings. The third-order valence-electron chi connectivity index (χ3n) is 2.01. The number of hydrogen-bond acceptors (Lipinski definition) is 3. The van der Waals surface area contributed by atoms with Gasteiger partial charge in [-0.2, -0.15) is 5.10 Å². The number of ketones is 1. The second-order valence-electron chi connectivity index (χ2n) is 3.03. The summed E-state index contributed by atoms with van der Waals surface area (Å²) >= 11 is 0. The van der Waals surface area contributed by atoms with Crippen molar-refractivity contribution in [2.75, 3.05) is 0 Å². The standard InChI is InChI=1S/C10H8FN3O/c1-7(15)10-8(11)3-2-4-9(10)14-6-12-5-13-14/h2-6H,1H3. The first kappa shape index (κ1) is 9.51. The number of Topliss-reactive ketones (excluding diaryl/α,β-unsaturated/α-hetero) is 1. The number of rotatable bonds is 2. The minimum absolute atomic E-state index is 0.0306. The normalized spacial score (nSPS) is 10.3. The molecule has 5 heteroatoms. The van der Waals surface area contributed by atoms with Crippen LogP contribution in [-0.2, 0) is 0 Å². The molecule has 0 aliphatic heterocycles. The van der Waals surface area contributed by atoms with Crippen molar-refractivity contribution in [1.29, 1.82) is 0 Å².